The van der Waals surface area contributed by atoms with Crippen molar-refractivity contribution in [3.05, 3.63) is 36.0 Å². The molecule has 2 aromatic rings. The summed E-state index contributed by atoms with van der Waals surface area (Å²) in [7, 11) is -1.96. The van der Waals surface area contributed by atoms with Crippen LogP contribution in [0.1, 0.15) is 5.56 Å². The Kier molecular flexibility index (Phi) is 3.64. The minimum absolute atomic E-state index is 0.218. The normalized spacial score (nSPS) is 14.2. The molecule has 0 fully saturated rings. The Morgan fingerprint density at radius 2 is 1.96 bits per heavy atom. The number of urea groups is 1. The molecule has 8 nitrogen and oxygen atoms in total. The summed E-state index contributed by atoms with van der Waals surface area (Å²) >= 11 is 0. The first-order valence-corrected chi connectivity index (χ1v) is 8.56. The van der Waals surface area contributed by atoms with Crippen LogP contribution in [-0.4, -0.2) is 37.8 Å². The molecule has 0 spiro atoms. The van der Waals surface area contributed by atoms with Crippen molar-refractivity contribution in [1.82, 2.24) is 9.97 Å². The number of nitrogens with one attached hydrogen (secondary N) is 1. The van der Waals surface area contributed by atoms with Crippen LogP contribution in [0, 0.1) is 0 Å². The summed E-state index contributed by atoms with van der Waals surface area (Å²) in [6.07, 6.45) is 2.43. The van der Waals surface area contributed by atoms with Gasteiger partial charge < -0.3 is 4.74 Å². The largest absolute Gasteiger partial charge is 0.497 e. The number of benzene rings is 1. The lowest BCUT2D eigenvalue weighted by atomic mass is 10.2. The van der Waals surface area contributed by atoms with E-state index in [0.29, 0.717) is 17.0 Å². The van der Waals surface area contributed by atoms with Gasteiger partial charge in [-0.15, -0.1) is 0 Å². The van der Waals surface area contributed by atoms with Gasteiger partial charge in [0, 0.05) is 23.7 Å². The van der Waals surface area contributed by atoms with Crippen LogP contribution >= 0.6 is 0 Å². The number of ether oxygens (including phenoxy) is 1. The minimum Gasteiger partial charge on any atom is -0.497 e. The van der Waals surface area contributed by atoms with E-state index in [4.69, 9.17) is 4.74 Å². The molecule has 9 heteroatoms. The van der Waals surface area contributed by atoms with Gasteiger partial charge in [0.05, 0.1) is 13.7 Å². The van der Waals surface area contributed by atoms with Gasteiger partial charge >= 0.3 is 6.03 Å². The number of amides is 2. The Hall–Kier alpha value is -2.68. The van der Waals surface area contributed by atoms with Gasteiger partial charge in [-0.25, -0.2) is 23.2 Å². The van der Waals surface area contributed by atoms with Gasteiger partial charge in [-0.3, -0.25) is 10.2 Å². The zero-order valence-corrected chi connectivity index (χ0v) is 13.3. The standard InChI is InChI=1S/C14H14N4O4S/c1-22-11-5-3-10(4-6-11)18-8-9-7-15-13(23(2,20)21)16-12(9)17-14(18)19/h3-7H,8H2,1-2H3,(H,15,16,17,19). The Balaban J connectivity index is 1.93. The van der Waals surface area contributed by atoms with Crippen molar-refractivity contribution in [3.63, 3.8) is 0 Å². The molecule has 0 radical (unpaired) electrons. The molecule has 2 heterocycles. The molecule has 0 bridgehead atoms. The monoisotopic (exact) mass is 334 g/mol. The summed E-state index contributed by atoms with van der Waals surface area (Å²) in [5.74, 6) is 0.905. The highest BCUT2D eigenvalue weighted by Crippen LogP contribution is 2.27. The van der Waals surface area contributed by atoms with Gasteiger partial charge in [-0.2, -0.15) is 0 Å². The van der Waals surface area contributed by atoms with Gasteiger partial charge in [0.2, 0.25) is 15.0 Å². The van der Waals surface area contributed by atoms with Crippen LogP contribution < -0.4 is 15.0 Å². The number of nitrogens with zero attached hydrogens (tertiary/aromatic N) is 3. The average molecular weight is 334 g/mol. The first kappa shape index (κ1) is 15.2. The van der Waals surface area contributed by atoms with Gasteiger partial charge in [0.1, 0.15) is 11.6 Å². The lowest BCUT2D eigenvalue weighted by Crippen LogP contribution is -2.39. The maximum Gasteiger partial charge on any atom is 0.327 e. The number of hydrogen-bond acceptors (Lipinski definition) is 6. The van der Waals surface area contributed by atoms with Crippen LogP contribution in [-0.2, 0) is 16.4 Å². The maximum atomic E-state index is 12.2. The summed E-state index contributed by atoms with van der Waals surface area (Å²) in [5, 5.41) is 2.28. The summed E-state index contributed by atoms with van der Waals surface area (Å²) in [6.45, 7) is 0.248. The van der Waals surface area contributed by atoms with Gasteiger partial charge in [0.15, 0.2) is 0 Å². The van der Waals surface area contributed by atoms with Crippen molar-refractivity contribution in [3.8, 4) is 5.75 Å². The van der Waals surface area contributed by atoms with Crippen molar-refractivity contribution in [2.75, 3.05) is 23.6 Å². The minimum atomic E-state index is -3.53. The number of aromatic nitrogens is 2. The molecule has 0 aliphatic carbocycles. The van der Waals surface area contributed by atoms with Crippen molar-refractivity contribution in [2.24, 2.45) is 0 Å². The summed E-state index contributed by atoms with van der Waals surface area (Å²) < 4.78 is 28.1. The lowest BCUT2D eigenvalue weighted by molar-refractivity contribution is 0.255. The van der Waals surface area contributed by atoms with Crippen LogP contribution in [0.15, 0.2) is 35.6 Å². The van der Waals surface area contributed by atoms with Crippen molar-refractivity contribution in [1.29, 1.82) is 0 Å². The topological polar surface area (TPSA) is 101 Å². The van der Waals surface area contributed by atoms with E-state index >= 15 is 0 Å². The Bertz CT molecular complexity index is 865. The SMILES string of the molecule is COc1ccc(N2Cc3cnc(S(C)(=O)=O)nc3NC2=O)cc1. The first-order valence-electron chi connectivity index (χ1n) is 6.67. The fourth-order valence-electron chi connectivity index (χ4n) is 2.17. The van der Waals surface area contributed by atoms with Crippen LogP contribution in [0.3, 0.4) is 0 Å². The number of fused-ring (bicyclic) bond motifs is 1. The fourth-order valence-corrected chi connectivity index (χ4v) is 2.68. The number of carbonyl (C=O) groups excluding carboxylic acids is 1. The maximum absolute atomic E-state index is 12.2. The van der Waals surface area contributed by atoms with E-state index < -0.39 is 9.84 Å². The molecule has 23 heavy (non-hydrogen) atoms. The molecule has 0 saturated carbocycles. The van der Waals surface area contributed by atoms with Crippen LogP contribution in [0.5, 0.6) is 5.75 Å². The van der Waals surface area contributed by atoms with E-state index in [9.17, 15) is 13.2 Å². The van der Waals surface area contributed by atoms with Gasteiger partial charge in [0.25, 0.3) is 0 Å². The molecule has 0 atom stereocenters. The highest BCUT2D eigenvalue weighted by molar-refractivity contribution is 7.90. The number of sulfone groups is 1. The molecule has 1 aromatic carbocycles. The molecule has 120 valence electrons. The predicted octanol–water partition coefficient (Wildman–Crippen LogP) is 1.44. The molecule has 1 aliphatic rings. The molecule has 0 unspecified atom stereocenters. The molecule has 1 N–H and O–H groups in total. The number of methoxy groups -OCH3 is 1. The average Bonchev–Trinajstić information content (AvgIpc) is 2.53. The second kappa shape index (κ2) is 5.51. The Labute approximate surface area is 133 Å². The Morgan fingerprint density at radius 3 is 2.57 bits per heavy atom. The highest BCUT2D eigenvalue weighted by atomic mass is 32.2. The first-order chi connectivity index (χ1) is 10.9. The zero-order valence-electron chi connectivity index (χ0n) is 12.5. The third-order valence-electron chi connectivity index (χ3n) is 3.36. The van der Waals surface area contributed by atoms with E-state index in [0.717, 1.165) is 6.26 Å². The number of anilines is 2. The van der Waals surface area contributed by atoms with E-state index in [-0.39, 0.29) is 23.6 Å². The smallest absolute Gasteiger partial charge is 0.327 e. The fraction of sp³-hybridized carbons (Fsp3) is 0.214. The number of rotatable bonds is 3. The lowest BCUT2D eigenvalue weighted by Gasteiger charge is -2.28. The van der Waals surface area contributed by atoms with Crippen molar-refractivity contribution >= 4 is 27.4 Å². The zero-order chi connectivity index (χ0) is 16.6. The van der Waals surface area contributed by atoms with Crippen molar-refractivity contribution < 1.29 is 17.9 Å². The van der Waals surface area contributed by atoms with Crippen LogP contribution in [0.4, 0.5) is 16.3 Å². The molecule has 3 rings (SSSR count). The third kappa shape index (κ3) is 2.95. The van der Waals surface area contributed by atoms with Gasteiger partial charge in [-0.1, -0.05) is 0 Å². The van der Waals surface area contributed by atoms with E-state index in [1.165, 1.54) is 11.1 Å². The quantitative estimate of drug-likeness (QED) is 0.852. The molecule has 1 aliphatic heterocycles. The molecular weight excluding hydrogens is 320 g/mol. The molecule has 0 saturated heterocycles. The summed E-state index contributed by atoms with van der Waals surface area (Å²) in [4.78, 5) is 21.5. The highest BCUT2D eigenvalue weighted by Gasteiger charge is 2.26. The molecule has 1 aromatic heterocycles. The number of carbonyl (C=O) groups is 1. The van der Waals surface area contributed by atoms with E-state index in [2.05, 4.69) is 15.3 Å². The summed E-state index contributed by atoms with van der Waals surface area (Å²) in [6, 6.07) is 6.63. The van der Waals surface area contributed by atoms with Crippen LogP contribution in [0.2, 0.25) is 0 Å². The van der Waals surface area contributed by atoms with Gasteiger partial charge in [-0.05, 0) is 24.3 Å². The van der Waals surface area contributed by atoms with E-state index in [1.807, 2.05) is 0 Å². The predicted molar refractivity (Wildman–Crippen MR) is 83.3 cm³/mol. The second-order valence-electron chi connectivity index (χ2n) is 5.01. The second-order valence-corrected chi connectivity index (χ2v) is 6.92. The molecular formula is C14H14N4O4S. The van der Waals surface area contributed by atoms with Crippen LogP contribution in [0.25, 0.3) is 0 Å². The Morgan fingerprint density at radius 1 is 1.26 bits per heavy atom. The van der Waals surface area contributed by atoms with E-state index in [1.54, 1.807) is 31.4 Å². The summed E-state index contributed by atoms with van der Waals surface area (Å²) in [5.41, 5.74) is 1.31. The third-order valence-corrected chi connectivity index (χ3v) is 4.22. The number of hydrogen-bond donors (Lipinski definition) is 1. The van der Waals surface area contributed by atoms with Crippen molar-refractivity contribution in [2.45, 2.75) is 11.7 Å². The molecule has 2 amide bonds.